The summed E-state index contributed by atoms with van der Waals surface area (Å²) in [7, 11) is 0. The number of hydrogen-bond acceptors (Lipinski definition) is 2. The van der Waals surface area contributed by atoms with Gasteiger partial charge in [-0.2, -0.15) is 0 Å². The maximum Gasteiger partial charge on any atom is 0.258 e. The molecule has 0 saturated carbocycles. The highest BCUT2D eigenvalue weighted by atomic mass is 16.2. The molecule has 2 aromatic carbocycles. The number of anilines is 1. The first kappa shape index (κ1) is 14.8. The number of carbonyl (C=O) groups excluding carboxylic acids is 1. The van der Waals surface area contributed by atoms with Crippen LogP contribution < -0.4 is 5.32 Å². The number of para-hydroxylation sites is 2. The molecule has 1 aliphatic rings. The van der Waals surface area contributed by atoms with Gasteiger partial charge in [0, 0.05) is 34.4 Å². The molecule has 1 aliphatic heterocycles. The predicted molar refractivity (Wildman–Crippen MR) is 97.0 cm³/mol. The molecule has 0 spiro atoms. The molecule has 4 nitrogen and oxygen atoms in total. The number of amides is 1. The van der Waals surface area contributed by atoms with Gasteiger partial charge >= 0.3 is 0 Å². The zero-order chi connectivity index (χ0) is 16.7. The van der Waals surface area contributed by atoms with Crippen molar-refractivity contribution < 1.29 is 4.79 Å². The molecule has 0 radical (unpaired) electrons. The largest absolute Gasteiger partial charge is 0.361 e. The summed E-state index contributed by atoms with van der Waals surface area (Å²) in [6.45, 7) is 4.22. The molecule has 1 amide bonds. The zero-order valence-corrected chi connectivity index (χ0v) is 13.9. The average Bonchev–Trinajstić information content (AvgIpc) is 3.05. The molecule has 2 N–H and O–H groups in total. The smallest absolute Gasteiger partial charge is 0.258 e. The van der Waals surface area contributed by atoms with E-state index < -0.39 is 0 Å². The van der Waals surface area contributed by atoms with Crippen LogP contribution in [0.15, 0.2) is 54.7 Å². The Bertz CT molecular complexity index is 899. The summed E-state index contributed by atoms with van der Waals surface area (Å²) in [6, 6.07) is 16.1. The van der Waals surface area contributed by atoms with E-state index in [1.54, 1.807) is 0 Å². The Morgan fingerprint density at radius 1 is 1.12 bits per heavy atom. The normalized spacial score (nSPS) is 18.3. The Kier molecular flexibility index (Phi) is 3.53. The number of carbonyl (C=O) groups is 1. The Hall–Kier alpha value is -2.75. The van der Waals surface area contributed by atoms with Crippen LogP contribution in [-0.2, 0) is 0 Å². The topological polar surface area (TPSA) is 48.1 Å². The van der Waals surface area contributed by atoms with Gasteiger partial charge in [-0.15, -0.1) is 0 Å². The van der Waals surface area contributed by atoms with Crippen molar-refractivity contribution in [2.24, 2.45) is 0 Å². The number of fused-ring (bicyclic) bond motifs is 2. The molecule has 4 rings (SSSR count). The Morgan fingerprint density at radius 3 is 2.71 bits per heavy atom. The lowest BCUT2D eigenvalue weighted by Gasteiger charge is -2.41. The van der Waals surface area contributed by atoms with E-state index in [-0.39, 0.29) is 18.1 Å². The van der Waals surface area contributed by atoms with Gasteiger partial charge in [0.2, 0.25) is 0 Å². The molecule has 24 heavy (non-hydrogen) atoms. The summed E-state index contributed by atoms with van der Waals surface area (Å²) in [5.74, 6) is 0.0916. The lowest BCUT2D eigenvalue weighted by atomic mass is 10.0. The molecule has 4 heteroatoms. The summed E-state index contributed by atoms with van der Waals surface area (Å²) >= 11 is 0. The van der Waals surface area contributed by atoms with Gasteiger partial charge in [-0.1, -0.05) is 37.3 Å². The summed E-state index contributed by atoms with van der Waals surface area (Å²) in [5, 5.41) is 4.72. The quantitative estimate of drug-likeness (QED) is 0.745. The molecule has 0 saturated heterocycles. The van der Waals surface area contributed by atoms with Crippen LogP contribution in [-0.4, -0.2) is 21.8 Å². The van der Waals surface area contributed by atoms with Gasteiger partial charge in [0.1, 0.15) is 6.17 Å². The van der Waals surface area contributed by atoms with Crippen LogP contribution >= 0.6 is 0 Å². The highest BCUT2D eigenvalue weighted by Crippen LogP contribution is 2.37. The molecule has 0 bridgehead atoms. The molecule has 2 atom stereocenters. The van der Waals surface area contributed by atoms with E-state index in [0.29, 0.717) is 0 Å². The second kappa shape index (κ2) is 5.71. The van der Waals surface area contributed by atoms with Gasteiger partial charge in [-0.25, -0.2) is 0 Å². The number of benzene rings is 2. The first-order valence-electron chi connectivity index (χ1n) is 8.45. The number of hydrogen-bond donors (Lipinski definition) is 2. The molecule has 0 unspecified atom stereocenters. The first-order valence-corrected chi connectivity index (χ1v) is 8.45. The van der Waals surface area contributed by atoms with Crippen LogP contribution in [0.3, 0.4) is 0 Å². The van der Waals surface area contributed by atoms with Crippen molar-refractivity contribution in [2.75, 3.05) is 5.32 Å². The standard InChI is InChI=1S/C20H21N3O/c1-3-13(2)23-19(16-12-21-17-10-6-4-8-14(16)17)22-18-11-7-5-9-15(18)20(23)24/h4-13,19,21-22H,3H2,1-2H3/t13-,19+/m1/s1. The summed E-state index contributed by atoms with van der Waals surface area (Å²) in [5.41, 5.74) is 3.84. The fourth-order valence-corrected chi connectivity index (χ4v) is 3.47. The number of nitrogens with one attached hydrogen (secondary N) is 2. The van der Waals surface area contributed by atoms with Crippen LogP contribution in [0.4, 0.5) is 5.69 Å². The van der Waals surface area contributed by atoms with Gasteiger partial charge in [-0.05, 0) is 31.5 Å². The van der Waals surface area contributed by atoms with Crippen LogP contribution in [0.1, 0.15) is 42.4 Å². The minimum Gasteiger partial charge on any atom is -0.361 e. The van der Waals surface area contributed by atoms with Crippen molar-refractivity contribution in [1.29, 1.82) is 0 Å². The van der Waals surface area contributed by atoms with Crippen molar-refractivity contribution in [1.82, 2.24) is 9.88 Å². The van der Waals surface area contributed by atoms with Gasteiger partial charge in [0.05, 0.1) is 5.56 Å². The predicted octanol–water partition coefficient (Wildman–Crippen LogP) is 4.53. The van der Waals surface area contributed by atoms with Gasteiger partial charge in [0.15, 0.2) is 0 Å². The Morgan fingerprint density at radius 2 is 1.88 bits per heavy atom. The summed E-state index contributed by atoms with van der Waals surface area (Å²) in [6.07, 6.45) is 2.76. The molecule has 122 valence electrons. The Labute approximate surface area is 141 Å². The minimum atomic E-state index is -0.168. The monoisotopic (exact) mass is 319 g/mol. The lowest BCUT2D eigenvalue weighted by molar-refractivity contribution is 0.0595. The molecule has 0 aliphatic carbocycles. The SMILES string of the molecule is CC[C@@H](C)N1C(=O)c2ccccc2N[C@@H]1c1c[nH]c2ccccc12. The summed E-state index contributed by atoms with van der Waals surface area (Å²) in [4.78, 5) is 18.4. The molecule has 2 heterocycles. The number of aromatic nitrogens is 1. The van der Waals surface area contributed by atoms with Crippen molar-refractivity contribution >= 4 is 22.5 Å². The van der Waals surface area contributed by atoms with Gasteiger partial charge in [0.25, 0.3) is 5.91 Å². The molecular weight excluding hydrogens is 298 g/mol. The van der Waals surface area contributed by atoms with E-state index in [2.05, 4.69) is 36.3 Å². The van der Waals surface area contributed by atoms with Gasteiger partial charge < -0.3 is 15.2 Å². The number of nitrogens with zero attached hydrogens (tertiary/aromatic N) is 1. The fraction of sp³-hybridized carbons (Fsp3) is 0.250. The maximum atomic E-state index is 13.1. The third-order valence-electron chi connectivity index (χ3n) is 4.94. The van der Waals surface area contributed by atoms with Crippen molar-refractivity contribution in [3.63, 3.8) is 0 Å². The van der Waals surface area contributed by atoms with E-state index in [1.165, 1.54) is 0 Å². The summed E-state index contributed by atoms with van der Waals surface area (Å²) < 4.78 is 0. The van der Waals surface area contributed by atoms with Crippen LogP contribution in [0, 0.1) is 0 Å². The second-order valence-corrected chi connectivity index (χ2v) is 6.35. The van der Waals surface area contributed by atoms with E-state index in [0.717, 1.165) is 34.1 Å². The minimum absolute atomic E-state index is 0.0916. The highest BCUT2D eigenvalue weighted by Gasteiger charge is 2.36. The molecular formula is C20H21N3O. The average molecular weight is 319 g/mol. The van der Waals surface area contributed by atoms with E-state index >= 15 is 0 Å². The van der Waals surface area contributed by atoms with Crippen molar-refractivity contribution in [3.05, 3.63) is 65.9 Å². The first-order chi connectivity index (χ1) is 11.7. The lowest BCUT2D eigenvalue weighted by Crippen LogP contribution is -2.47. The third-order valence-corrected chi connectivity index (χ3v) is 4.94. The zero-order valence-electron chi connectivity index (χ0n) is 13.9. The number of aromatic amines is 1. The van der Waals surface area contributed by atoms with Crippen molar-refractivity contribution in [3.8, 4) is 0 Å². The van der Waals surface area contributed by atoms with E-state index in [4.69, 9.17) is 0 Å². The third kappa shape index (κ3) is 2.18. The highest BCUT2D eigenvalue weighted by molar-refractivity contribution is 6.02. The second-order valence-electron chi connectivity index (χ2n) is 6.35. The number of H-pyrrole nitrogens is 1. The van der Waals surface area contributed by atoms with Crippen LogP contribution in [0.25, 0.3) is 10.9 Å². The van der Waals surface area contributed by atoms with E-state index in [9.17, 15) is 4.79 Å². The molecule has 1 aromatic heterocycles. The van der Waals surface area contributed by atoms with Crippen molar-refractivity contribution in [2.45, 2.75) is 32.5 Å². The maximum absolute atomic E-state index is 13.1. The van der Waals surface area contributed by atoms with Crippen LogP contribution in [0.5, 0.6) is 0 Å². The number of rotatable bonds is 3. The van der Waals surface area contributed by atoms with Crippen LogP contribution in [0.2, 0.25) is 0 Å². The van der Waals surface area contributed by atoms with Gasteiger partial charge in [-0.3, -0.25) is 4.79 Å². The molecule has 3 aromatic rings. The molecule has 0 fully saturated rings. The Balaban J connectivity index is 1.87. The fourth-order valence-electron chi connectivity index (χ4n) is 3.47. The van der Waals surface area contributed by atoms with E-state index in [1.807, 2.05) is 47.5 Å².